The van der Waals surface area contributed by atoms with E-state index in [9.17, 15) is 4.79 Å². The Morgan fingerprint density at radius 3 is 2.82 bits per heavy atom. The number of nitrogens with two attached hydrogens (primary N) is 1. The number of halogens is 1. The van der Waals surface area contributed by atoms with E-state index in [-0.39, 0.29) is 5.91 Å². The van der Waals surface area contributed by atoms with Crippen molar-refractivity contribution in [3.63, 3.8) is 0 Å². The van der Waals surface area contributed by atoms with Gasteiger partial charge in [0.25, 0.3) is 0 Å². The fraction of sp³-hybridized carbons (Fsp3) is 0.417. The second kappa shape index (κ2) is 7.01. The van der Waals surface area contributed by atoms with Crippen LogP contribution in [0.5, 0.6) is 0 Å². The Bertz CT molecular complexity index is 362. The van der Waals surface area contributed by atoms with Crippen LogP contribution in [-0.4, -0.2) is 19.0 Å². The average molecular weight is 256 g/mol. The molecule has 94 valence electrons. The van der Waals surface area contributed by atoms with Crippen molar-refractivity contribution in [2.45, 2.75) is 19.8 Å². The van der Waals surface area contributed by atoms with E-state index in [0.29, 0.717) is 35.9 Å². The van der Waals surface area contributed by atoms with Crippen molar-refractivity contribution in [1.82, 2.24) is 5.32 Å². The number of rotatable bonds is 6. The molecule has 1 aromatic rings. The molecule has 0 radical (unpaired) electrons. The SMILES string of the molecule is CCCNC(=O)CCNc1c(N)cccc1Cl. The number of benzene rings is 1. The van der Waals surface area contributed by atoms with Gasteiger partial charge in [0.15, 0.2) is 0 Å². The summed E-state index contributed by atoms with van der Waals surface area (Å²) < 4.78 is 0. The summed E-state index contributed by atoms with van der Waals surface area (Å²) in [4.78, 5) is 11.3. The molecule has 0 bridgehead atoms. The number of para-hydroxylation sites is 1. The molecule has 0 saturated heterocycles. The Labute approximate surface area is 107 Å². The number of amides is 1. The van der Waals surface area contributed by atoms with Crippen LogP contribution in [-0.2, 0) is 4.79 Å². The van der Waals surface area contributed by atoms with E-state index in [1.807, 2.05) is 6.92 Å². The molecular weight excluding hydrogens is 238 g/mol. The summed E-state index contributed by atoms with van der Waals surface area (Å²) >= 11 is 5.99. The van der Waals surface area contributed by atoms with Crippen molar-refractivity contribution in [1.29, 1.82) is 0 Å². The van der Waals surface area contributed by atoms with Crippen molar-refractivity contribution in [3.05, 3.63) is 23.2 Å². The molecule has 1 aromatic carbocycles. The smallest absolute Gasteiger partial charge is 0.221 e. The van der Waals surface area contributed by atoms with Crippen LogP contribution >= 0.6 is 11.6 Å². The minimum absolute atomic E-state index is 0.0324. The van der Waals surface area contributed by atoms with Crippen LogP contribution in [0.3, 0.4) is 0 Å². The standard InChI is InChI=1S/C12H18ClN3O/c1-2-7-15-11(17)6-8-16-12-9(13)4-3-5-10(12)14/h3-5,16H,2,6-8,14H2,1H3,(H,15,17). The molecule has 0 saturated carbocycles. The molecule has 0 spiro atoms. The number of hydrogen-bond donors (Lipinski definition) is 3. The maximum atomic E-state index is 11.3. The Hall–Kier alpha value is -1.42. The number of carbonyl (C=O) groups is 1. The molecule has 1 amide bonds. The zero-order valence-corrected chi connectivity index (χ0v) is 10.7. The Balaban J connectivity index is 2.38. The molecule has 4 N–H and O–H groups in total. The third kappa shape index (κ3) is 4.53. The van der Waals surface area contributed by atoms with E-state index in [1.165, 1.54) is 0 Å². The summed E-state index contributed by atoms with van der Waals surface area (Å²) in [5.74, 6) is 0.0324. The molecular formula is C12H18ClN3O. The first kappa shape index (κ1) is 13.6. The van der Waals surface area contributed by atoms with Crippen molar-refractivity contribution in [3.8, 4) is 0 Å². The molecule has 17 heavy (non-hydrogen) atoms. The summed E-state index contributed by atoms with van der Waals surface area (Å²) in [6, 6.07) is 5.32. The molecule has 0 fully saturated rings. The van der Waals surface area contributed by atoms with Crippen LogP contribution in [0.25, 0.3) is 0 Å². The monoisotopic (exact) mass is 255 g/mol. The second-order valence-electron chi connectivity index (χ2n) is 3.73. The van der Waals surface area contributed by atoms with E-state index in [1.54, 1.807) is 18.2 Å². The molecule has 0 aliphatic rings. The Morgan fingerprint density at radius 1 is 1.41 bits per heavy atom. The summed E-state index contributed by atoms with van der Waals surface area (Å²) in [5, 5.41) is 6.44. The number of nitrogens with one attached hydrogen (secondary N) is 2. The molecule has 4 nitrogen and oxygen atoms in total. The summed E-state index contributed by atoms with van der Waals surface area (Å²) in [6.45, 7) is 3.25. The second-order valence-corrected chi connectivity index (χ2v) is 4.14. The van der Waals surface area contributed by atoms with Crippen LogP contribution in [0, 0.1) is 0 Å². The molecule has 0 unspecified atom stereocenters. The van der Waals surface area contributed by atoms with Gasteiger partial charge in [-0.1, -0.05) is 24.6 Å². The average Bonchev–Trinajstić information content (AvgIpc) is 2.30. The quantitative estimate of drug-likeness (QED) is 0.683. The van der Waals surface area contributed by atoms with E-state index < -0.39 is 0 Å². The van der Waals surface area contributed by atoms with Crippen molar-refractivity contribution in [2.24, 2.45) is 0 Å². The fourth-order valence-electron chi connectivity index (χ4n) is 1.38. The van der Waals surface area contributed by atoms with Crippen LogP contribution in [0.15, 0.2) is 18.2 Å². The first-order valence-corrected chi connectivity index (χ1v) is 6.07. The zero-order chi connectivity index (χ0) is 12.7. The lowest BCUT2D eigenvalue weighted by Crippen LogP contribution is -2.26. The highest BCUT2D eigenvalue weighted by Crippen LogP contribution is 2.27. The number of nitrogen functional groups attached to an aromatic ring is 1. The van der Waals surface area contributed by atoms with Gasteiger partial charge in [-0.05, 0) is 18.6 Å². The molecule has 0 aliphatic heterocycles. The maximum absolute atomic E-state index is 11.3. The molecule has 0 heterocycles. The van der Waals surface area contributed by atoms with Gasteiger partial charge in [-0.2, -0.15) is 0 Å². The summed E-state index contributed by atoms with van der Waals surface area (Å²) in [7, 11) is 0. The highest BCUT2D eigenvalue weighted by atomic mass is 35.5. The molecule has 0 aliphatic carbocycles. The molecule has 0 aromatic heterocycles. The van der Waals surface area contributed by atoms with Crippen molar-refractivity contribution in [2.75, 3.05) is 24.1 Å². The third-order valence-corrected chi connectivity index (χ3v) is 2.59. The van der Waals surface area contributed by atoms with E-state index >= 15 is 0 Å². The predicted octanol–water partition coefficient (Wildman–Crippen LogP) is 2.25. The van der Waals surface area contributed by atoms with Gasteiger partial charge in [0.2, 0.25) is 5.91 Å². The predicted molar refractivity (Wildman–Crippen MR) is 72.3 cm³/mol. The number of anilines is 2. The van der Waals surface area contributed by atoms with Gasteiger partial charge in [0.05, 0.1) is 16.4 Å². The van der Waals surface area contributed by atoms with Crippen LogP contribution < -0.4 is 16.4 Å². The van der Waals surface area contributed by atoms with Gasteiger partial charge in [-0.3, -0.25) is 4.79 Å². The molecule has 1 rings (SSSR count). The molecule has 0 atom stereocenters. The van der Waals surface area contributed by atoms with Gasteiger partial charge in [0, 0.05) is 19.5 Å². The van der Waals surface area contributed by atoms with Crippen LogP contribution in [0.4, 0.5) is 11.4 Å². The first-order valence-electron chi connectivity index (χ1n) is 5.69. The third-order valence-electron chi connectivity index (χ3n) is 2.27. The Kier molecular flexibility index (Phi) is 5.63. The highest BCUT2D eigenvalue weighted by molar-refractivity contribution is 6.33. The lowest BCUT2D eigenvalue weighted by molar-refractivity contribution is -0.120. The van der Waals surface area contributed by atoms with Gasteiger partial charge >= 0.3 is 0 Å². The highest BCUT2D eigenvalue weighted by Gasteiger charge is 2.04. The largest absolute Gasteiger partial charge is 0.397 e. The van der Waals surface area contributed by atoms with Gasteiger partial charge in [-0.25, -0.2) is 0 Å². The Morgan fingerprint density at radius 2 is 2.18 bits per heavy atom. The van der Waals surface area contributed by atoms with Crippen LogP contribution in [0.1, 0.15) is 19.8 Å². The van der Waals surface area contributed by atoms with Gasteiger partial charge in [0.1, 0.15) is 0 Å². The minimum atomic E-state index is 0.0324. The zero-order valence-electron chi connectivity index (χ0n) is 9.92. The van der Waals surface area contributed by atoms with Crippen LogP contribution in [0.2, 0.25) is 5.02 Å². The number of hydrogen-bond acceptors (Lipinski definition) is 3. The van der Waals surface area contributed by atoms with Gasteiger partial charge < -0.3 is 16.4 Å². The minimum Gasteiger partial charge on any atom is -0.397 e. The fourth-order valence-corrected chi connectivity index (χ4v) is 1.63. The normalized spacial score (nSPS) is 10.0. The lowest BCUT2D eigenvalue weighted by atomic mass is 10.2. The summed E-state index contributed by atoms with van der Waals surface area (Å²) in [5.41, 5.74) is 7.05. The first-order chi connectivity index (χ1) is 8.15. The van der Waals surface area contributed by atoms with Gasteiger partial charge in [-0.15, -0.1) is 0 Å². The molecule has 5 heteroatoms. The number of carbonyl (C=O) groups excluding carboxylic acids is 1. The summed E-state index contributed by atoms with van der Waals surface area (Å²) in [6.07, 6.45) is 1.35. The van der Waals surface area contributed by atoms with Crippen molar-refractivity contribution < 1.29 is 4.79 Å². The van der Waals surface area contributed by atoms with E-state index in [2.05, 4.69) is 10.6 Å². The van der Waals surface area contributed by atoms with E-state index in [0.717, 1.165) is 6.42 Å². The lowest BCUT2D eigenvalue weighted by Gasteiger charge is -2.10. The maximum Gasteiger partial charge on any atom is 0.221 e. The van der Waals surface area contributed by atoms with Crippen molar-refractivity contribution >= 4 is 28.9 Å². The topological polar surface area (TPSA) is 67.2 Å². The van der Waals surface area contributed by atoms with E-state index in [4.69, 9.17) is 17.3 Å².